The van der Waals surface area contributed by atoms with Gasteiger partial charge in [0.05, 0.1) is 6.54 Å². The topological polar surface area (TPSA) is 47.6 Å². The number of hydrogen-bond donors (Lipinski definition) is 2. The van der Waals surface area contributed by atoms with Crippen LogP contribution in [0.3, 0.4) is 0 Å². The fourth-order valence-corrected chi connectivity index (χ4v) is 2.17. The first-order chi connectivity index (χ1) is 8.76. The Kier molecular flexibility index (Phi) is 7.96. The van der Waals surface area contributed by atoms with Gasteiger partial charge in [-0.3, -0.25) is 9.69 Å². The molecule has 5 heteroatoms. The molecule has 1 rings (SSSR count). The molecule has 1 amide bonds. The summed E-state index contributed by atoms with van der Waals surface area (Å²) in [6.45, 7) is 12.9. The molecule has 2 N–H and O–H groups in total. The van der Waals surface area contributed by atoms with Crippen LogP contribution < -0.4 is 10.6 Å². The maximum Gasteiger partial charge on any atom is 0.234 e. The summed E-state index contributed by atoms with van der Waals surface area (Å²) in [6.07, 6.45) is 1.05. The third-order valence-electron chi connectivity index (χ3n) is 3.44. The van der Waals surface area contributed by atoms with Gasteiger partial charge in [-0.25, -0.2) is 0 Å². The Balaban J connectivity index is 2.01. The standard InChI is InChI=1S/C13H28N4O/c1-3-16(4-2)12-13(18)15-6-5-9-17-10-7-14-8-11-17/h14H,3-12H2,1-2H3,(H,15,18). The van der Waals surface area contributed by atoms with Gasteiger partial charge < -0.3 is 15.5 Å². The molecule has 0 aromatic heterocycles. The fourth-order valence-electron chi connectivity index (χ4n) is 2.17. The summed E-state index contributed by atoms with van der Waals surface area (Å²) in [4.78, 5) is 16.2. The Hall–Kier alpha value is -0.650. The van der Waals surface area contributed by atoms with Crippen LogP contribution in [0, 0.1) is 0 Å². The summed E-state index contributed by atoms with van der Waals surface area (Å²) < 4.78 is 0. The number of hydrogen-bond acceptors (Lipinski definition) is 4. The van der Waals surface area contributed by atoms with Crippen molar-refractivity contribution in [2.45, 2.75) is 20.3 Å². The third-order valence-corrected chi connectivity index (χ3v) is 3.44. The van der Waals surface area contributed by atoms with E-state index in [0.29, 0.717) is 6.54 Å². The number of carbonyl (C=O) groups excluding carboxylic acids is 1. The van der Waals surface area contributed by atoms with Crippen molar-refractivity contribution in [1.82, 2.24) is 20.4 Å². The lowest BCUT2D eigenvalue weighted by Gasteiger charge is -2.27. The molecule has 0 unspecified atom stereocenters. The van der Waals surface area contributed by atoms with E-state index in [1.807, 2.05) is 0 Å². The Bertz CT molecular complexity index is 225. The van der Waals surface area contributed by atoms with Gasteiger partial charge in [-0.05, 0) is 26.1 Å². The van der Waals surface area contributed by atoms with Crippen molar-refractivity contribution in [1.29, 1.82) is 0 Å². The first kappa shape index (κ1) is 15.4. The number of nitrogens with zero attached hydrogens (tertiary/aromatic N) is 2. The van der Waals surface area contributed by atoms with Crippen molar-refractivity contribution in [2.24, 2.45) is 0 Å². The summed E-state index contributed by atoms with van der Waals surface area (Å²) in [5.41, 5.74) is 0. The predicted molar refractivity (Wildman–Crippen MR) is 74.7 cm³/mol. The zero-order valence-corrected chi connectivity index (χ0v) is 11.9. The fraction of sp³-hybridized carbons (Fsp3) is 0.923. The molecule has 1 heterocycles. The van der Waals surface area contributed by atoms with Crippen LogP contribution in [0.4, 0.5) is 0 Å². The quantitative estimate of drug-likeness (QED) is 0.588. The molecule has 1 fully saturated rings. The Morgan fingerprint density at radius 2 is 1.94 bits per heavy atom. The highest BCUT2D eigenvalue weighted by atomic mass is 16.2. The molecule has 1 aliphatic heterocycles. The van der Waals surface area contributed by atoms with Gasteiger partial charge in [-0.15, -0.1) is 0 Å². The minimum atomic E-state index is 0.152. The van der Waals surface area contributed by atoms with Crippen LogP contribution >= 0.6 is 0 Å². The van der Waals surface area contributed by atoms with Gasteiger partial charge in [-0.2, -0.15) is 0 Å². The first-order valence-electron chi connectivity index (χ1n) is 7.18. The van der Waals surface area contributed by atoms with E-state index in [1.54, 1.807) is 0 Å². The van der Waals surface area contributed by atoms with Crippen molar-refractivity contribution in [3.05, 3.63) is 0 Å². The van der Waals surface area contributed by atoms with Crippen LogP contribution in [0.15, 0.2) is 0 Å². The van der Waals surface area contributed by atoms with Crippen LogP contribution in [0.1, 0.15) is 20.3 Å². The third kappa shape index (κ3) is 6.33. The second-order valence-corrected chi connectivity index (χ2v) is 4.76. The molecule has 0 atom stereocenters. The van der Waals surface area contributed by atoms with Crippen molar-refractivity contribution in [3.63, 3.8) is 0 Å². The maximum atomic E-state index is 11.6. The molecule has 0 bridgehead atoms. The highest BCUT2D eigenvalue weighted by molar-refractivity contribution is 5.77. The summed E-state index contributed by atoms with van der Waals surface area (Å²) in [6, 6.07) is 0. The first-order valence-corrected chi connectivity index (χ1v) is 7.18. The smallest absolute Gasteiger partial charge is 0.234 e. The summed E-state index contributed by atoms with van der Waals surface area (Å²) in [5, 5.41) is 6.34. The van der Waals surface area contributed by atoms with E-state index in [0.717, 1.165) is 58.8 Å². The number of carbonyl (C=O) groups is 1. The van der Waals surface area contributed by atoms with Crippen molar-refractivity contribution in [2.75, 3.05) is 58.9 Å². The summed E-state index contributed by atoms with van der Waals surface area (Å²) >= 11 is 0. The SMILES string of the molecule is CCN(CC)CC(=O)NCCCN1CCNCC1. The van der Waals surface area contributed by atoms with Gasteiger partial charge >= 0.3 is 0 Å². The minimum absolute atomic E-state index is 0.152. The van der Waals surface area contributed by atoms with Gasteiger partial charge in [0.15, 0.2) is 0 Å². The molecule has 0 aromatic carbocycles. The number of amides is 1. The van der Waals surface area contributed by atoms with Gasteiger partial charge in [0.25, 0.3) is 0 Å². The van der Waals surface area contributed by atoms with Crippen LogP contribution in [-0.4, -0.2) is 74.6 Å². The number of likely N-dealkylation sites (N-methyl/N-ethyl adjacent to an activating group) is 1. The molecule has 106 valence electrons. The lowest BCUT2D eigenvalue weighted by atomic mass is 10.3. The van der Waals surface area contributed by atoms with E-state index >= 15 is 0 Å². The van der Waals surface area contributed by atoms with Crippen molar-refractivity contribution >= 4 is 5.91 Å². The highest BCUT2D eigenvalue weighted by Crippen LogP contribution is 1.93. The molecule has 0 aromatic rings. The van der Waals surface area contributed by atoms with Crippen LogP contribution in [0.5, 0.6) is 0 Å². The number of nitrogens with one attached hydrogen (secondary N) is 2. The maximum absolute atomic E-state index is 11.6. The van der Waals surface area contributed by atoms with Gasteiger partial charge in [0.2, 0.25) is 5.91 Å². The Labute approximate surface area is 111 Å². The molecule has 0 spiro atoms. The number of piperazine rings is 1. The van der Waals surface area contributed by atoms with Gasteiger partial charge in [0.1, 0.15) is 0 Å². The number of rotatable bonds is 8. The van der Waals surface area contributed by atoms with Crippen LogP contribution in [0.25, 0.3) is 0 Å². The molecule has 5 nitrogen and oxygen atoms in total. The Morgan fingerprint density at radius 3 is 2.56 bits per heavy atom. The van der Waals surface area contributed by atoms with Gasteiger partial charge in [0, 0.05) is 32.7 Å². The monoisotopic (exact) mass is 256 g/mol. The zero-order chi connectivity index (χ0) is 13.2. The molecule has 18 heavy (non-hydrogen) atoms. The van der Waals surface area contributed by atoms with Crippen LogP contribution in [0.2, 0.25) is 0 Å². The molecule has 1 aliphatic rings. The van der Waals surface area contributed by atoms with Crippen molar-refractivity contribution < 1.29 is 4.79 Å². The molecule has 0 radical (unpaired) electrons. The Morgan fingerprint density at radius 1 is 1.28 bits per heavy atom. The second kappa shape index (κ2) is 9.30. The van der Waals surface area contributed by atoms with E-state index in [4.69, 9.17) is 0 Å². The largest absolute Gasteiger partial charge is 0.355 e. The van der Waals surface area contributed by atoms with E-state index in [2.05, 4.69) is 34.3 Å². The van der Waals surface area contributed by atoms with Crippen LogP contribution in [-0.2, 0) is 4.79 Å². The predicted octanol–water partition coefficient (Wildman–Crippen LogP) is -0.260. The molecule has 0 aliphatic carbocycles. The average molecular weight is 256 g/mol. The summed E-state index contributed by atoms with van der Waals surface area (Å²) in [5.74, 6) is 0.152. The zero-order valence-electron chi connectivity index (χ0n) is 11.9. The normalized spacial score (nSPS) is 17.1. The molecule has 0 saturated carbocycles. The van der Waals surface area contributed by atoms with Gasteiger partial charge in [-0.1, -0.05) is 13.8 Å². The van der Waals surface area contributed by atoms with E-state index < -0.39 is 0 Å². The second-order valence-electron chi connectivity index (χ2n) is 4.76. The highest BCUT2D eigenvalue weighted by Gasteiger charge is 2.09. The van der Waals surface area contributed by atoms with E-state index in [-0.39, 0.29) is 5.91 Å². The molecular formula is C13H28N4O. The lowest BCUT2D eigenvalue weighted by molar-refractivity contribution is -0.122. The molecular weight excluding hydrogens is 228 g/mol. The van der Waals surface area contributed by atoms with E-state index in [1.165, 1.54) is 0 Å². The molecule has 1 saturated heterocycles. The average Bonchev–Trinajstić information content (AvgIpc) is 2.42. The lowest BCUT2D eigenvalue weighted by Crippen LogP contribution is -2.44. The van der Waals surface area contributed by atoms with E-state index in [9.17, 15) is 4.79 Å². The van der Waals surface area contributed by atoms with Crippen molar-refractivity contribution in [3.8, 4) is 0 Å². The minimum Gasteiger partial charge on any atom is -0.355 e. The summed E-state index contributed by atoms with van der Waals surface area (Å²) in [7, 11) is 0.